The lowest BCUT2D eigenvalue weighted by Crippen LogP contribution is -2.33. The molecule has 0 aliphatic rings. The molecular formula is C48H46Cl4N8O6. The number of azo groups is 2. The number of alkyl halides is 2. The Morgan fingerprint density at radius 3 is 1.32 bits per heavy atom. The highest BCUT2D eigenvalue weighted by atomic mass is 35.5. The van der Waals surface area contributed by atoms with Crippen LogP contribution in [0.3, 0.4) is 0 Å². The third kappa shape index (κ3) is 12.9. The van der Waals surface area contributed by atoms with E-state index in [2.05, 4.69) is 41.7 Å². The van der Waals surface area contributed by atoms with Crippen LogP contribution in [0.4, 0.5) is 34.1 Å². The molecule has 14 nitrogen and oxygen atoms in total. The fraction of sp³-hybridized carbons (Fsp3) is 0.250. The lowest BCUT2D eigenvalue weighted by atomic mass is 10.0. The average molecular weight is 973 g/mol. The van der Waals surface area contributed by atoms with Crippen LogP contribution in [-0.4, -0.2) is 47.3 Å². The van der Waals surface area contributed by atoms with Gasteiger partial charge in [-0.15, -0.1) is 23.2 Å². The Kier molecular flexibility index (Phi) is 17.8. The van der Waals surface area contributed by atoms with Gasteiger partial charge in [-0.25, -0.2) is 0 Å². The van der Waals surface area contributed by atoms with Crippen LogP contribution in [0.5, 0.6) is 0 Å². The lowest BCUT2D eigenvalue weighted by Gasteiger charge is -2.19. The molecule has 0 bridgehead atoms. The second kappa shape index (κ2) is 23.2. The van der Waals surface area contributed by atoms with Gasteiger partial charge in [0.25, 0.3) is 23.6 Å². The first-order valence-corrected chi connectivity index (χ1v) is 22.3. The number of carbonyl (C=O) groups is 6. The number of aryl methyl sites for hydroxylation is 2. The Labute approximate surface area is 402 Å². The van der Waals surface area contributed by atoms with Crippen LogP contribution in [0.2, 0.25) is 10.0 Å². The standard InChI is InChI=1S/C48H46Cl4N8O6/c1-7-29-21-33(53-47(65)42(27(5)61)59-57-40-23-31(17-19-36(40)51)45(63)54-38-15-11-9-13-34(38)25(3)49)22-30(8-2)44(29)56-48(66)43(28(6)62)60-58-41-24-32(18-20-37(41)52)46(64)55-39-16-12-10-14-35(39)26(4)50/h9-26,42-43H,7-8H2,1-6H3,(H,53,65)(H,54,63)(H,55,64)(H,56,66). The van der Waals surface area contributed by atoms with Crippen molar-refractivity contribution < 1.29 is 28.8 Å². The predicted octanol–water partition coefficient (Wildman–Crippen LogP) is 12.6. The molecule has 4 amide bonds. The zero-order valence-corrected chi connectivity index (χ0v) is 39.7. The number of hydrogen-bond acceptors (Lipinski definition) is 10. The summed E-state index contributed by atoms with van der Waals surface area (Å²) in [6.45, 7) is 9.62. The maximum absolute atomic E-state index is 13.7. The largest absolute Gasteiger partial charge is 0.324 e. The summed E-state index contributed by atoms with van der Waals surface area (Å²) in [5.41, 5.74) is 4.87. The maximum atomic E-state index is 13.7. The summed E-state index contributed by atoms with van der Waals surface area (Å²) in [7, 11) is 0. The van der Waals surface area contributed by atoms with Crippen molar-refractivity contribution in [2.45, 2.75) is 77.2 Å². The molecule has 342 valence electrons. The van der Waals surface area contributed by atoms with Crippen LogP contribution in [0, 0.1) is 0 Å². The molecular weight excluding hydrogens is 926 g/mol. The van der Waals surface area contributed by atoms with Crippen LogP contribution in [0.25, 0.3) is 0 Å². The molecule has 4 unspecified atom stereocenters. The number of halogens is 4. The van der Waals surface area contributed by atoms with Crippen molar-refractivity contribution in [2.75, 3.05) is 21.3 Å². The van der Waals surface area contributed by atoms with E-state index in [1.165, 1.54) is 50.2 Å². The average Bonchev–Trinajstić information content (AvgIpc) is 3.27. The molecule has 0 saturated carbocycles. The molecule has 4 atom stereocenters. The predicted molar refractivity (Wildman–Crippen MR) is 261 cm³/mol. The number of para-hydroxylation sites is 2. The monoisotopic (exact) mass is 970 g/mol. The van der Waals surface area contributed by atoms with Gasteiger partial charge in [0.05, 0.1) is 20.8 Å². The molecule has 5 aromatic rings. The van der Waals surface area contributed by atoms with Crippen LogP contribution in [-0.2, 0) is 32.0 Å². The number of ketones is 2. The molecule has 0 aromatic heterocycles. The molecule has 0 saturated heterocycles. The minimum atomic E-state index is -1.59. The molecule has 0 heterocycles. The Morgan fingerprint density at radius 1 is 0.545 bits per heavy atom. The van der Waals surface area contributed by atoms with E-state index in [1.54, 1.807) is 62.4 Å². The summed E-state index contributed by atoms with van der Waals surface area (Å²) < 4.78 is 0. The molecule has 0 spiro atoms. The number of benzene rings is 5. The third-order valence-electron chi connectivity index (χ3n) is 10.1. The van der Waals surface area contributed by atoms with Crippen LogP contribution < -0.4 is 21.3 Å². The fourth-order valence-corrected chi connectivity index (χ4v) is 7.29. The van der Waals surface area contributed by atoms with Crippen molar-refractivity contribution in [3.8, 4) is 0 Å². The van der Waals surface area contributed by atoms with Gasteiger partial charge in [0, 0.05) is 33.9 Å². The Morgan fingerprint density at radius 2 is 0.939 bits per heavy atom. The van der Waals surface area contributed by atoms with Gasteiger partial charge in [-0.2, -0.15) is 20.5 Å². The molecule has 5 rings (SSSR count). The number of anilines is 4. The van der Waals surface area contributed by atoms with Crippen molar-refractivity contribution >= 4 is 116 Å². The Bertz CT molecular complexity index is 2720. The SMILES string of the molecule is CCc1cc(NC(=O)C(N=Nc2cc(C(=O)Nc3ccccc3C(C)Cl)ccc2Cl)C(C)=O)cc(CC)c1NC(=O)C(N=Nc1cc(C(=O)Nc2ccccc2C(C)Cl)ccc1Cl)C(C)=O. The third-order valence-corrected chi connectivity index (χ3v) is 11.2. The van der Waals surface area contributed by atoms with E-state index < -0.39 is 47.3 Å². The summed E-state index contributed by atoms with van der Waals surface area (Å²) in [6.07, 6.45) is 0.762. The summed E-state index contributed by atoms with van der Waals surface area (Å²) in [5, 5.41) is 27.0. The van der Waals surface area contributed by atoms with Crippen molar-refractivity contribution in [3.05, 3.63) is 140 Å². The number of nitrogens with zero attached hydrogens (tertiary/aromatic N) is 4. The van der Waals surface area contributed by atoms with Crippen LogP contribution in [0.1, 0.15) is 95.3 Å². The minimum Gasteiger partial charge on any atom is -0.324 e. The molecule has 0 aliphatic heterocycles. The van der Waals surface area contributed by atoms with Gasteiger partial charge in [-0.3, -0.25) is 28.8 Å². The van der Waals surface area contributed by atoms with Gasteiger partial charge < -0.3 is 21.3 Å². The van der Waals surface area contributed by atoms with E-state index in [1.807, 2.05) is 26.0 Å². The zero-order chi connectivity index (χ0) is 48.2. The highest BCUT2D eigenvalue weighted by Gasteiger charge is 2.27. The maximum Gasteiger partial charge on any atom is 0.258 e. The van der Waals surface area contributed by atoms with Gasteiger partial charge in [0.2, 0.25) is 12.1 Å². The Hall–Kier alpha value is -6.32. The zero-order valence-electron chi connectivity index (χ0n) is 36.7. The summed E-state index contributed by atoms with van der Waals surface area (Å²) >= 11 is 25.4. The van der Waals surface area contributed by atoms with Crippen LogP contribution in [0.15, 0.2) is 118 Å². The quantitative estimate of drug-likeness (QED) is 0.0382. The second-order valence-electron chi connectivity index (χ2n) is 15.0. The first kappa shape index (κ1) is 50.7. The molecule has 66 heavy (non-hydrogen) atoms. The van der Waals surface area contributed by atoms with Gasteiger partial charge in [-0.05, 0) is 123 Å². The number of carbonyl (C=O) groups excluding carboxylic acids is 6. The number of amides is 4. The molecule has 0 fully saturated rings. The normalized spacial score (nSPS) is 13.1. The number of hydrogen-bond donors (Lipinski definition) is 4. The topological polar surface area (TPSA) is 200 Å². The molecule has 0 aliphatic carbocycles. The Balaban J connectivity index is 1.31. The van der Waals surface area contributed by atoms with Gasteiger partial charge in [-0.1, -0.05) is 73.4 Å². The highest BCUT2D eigenvalue weighted by molar-refractivity contribution is 6.33. The molecule has 18 heteroatoms. The lowest BCUT2D eigenvalue weighted by molar-refractivity contribution is -0.127. The minimum absolute atomic E-state index is 0.0477. The van der Waals surface area contributed by atoms with Crippen molar-refractivity contribution in [2.24, 2.45) is 20.5 Å². The van der Waals surface area contributed by atoms with E-state index in [-0.39, 0.29) is 43.3 Å². The van der Waals surface area contributed by atoms with E-state index >= 15 is 0 Å². The number of nitrogens with one attached hydrogen (secondary N) is 4. The van der Waals surface area contributed by atoms with Gasteiger partial charge in [0.1, 0.15) is 11.4 Å². The molecule has 5 aromatic carbocycles. The van der Waals surface area contributed by atoms with Crippen molar-refractivity contribution in [1.29, 1.82) is 0 Å². The summed E-state index contributed by atoms with van der Waals surface area (Å²) in [6, 6.07) is 22.9. The van der Waals surface area contributed by atoms with Crippen molar-refractivity contribution in [1.82, 2.24) is 0 Å². The number of rotatable bonds is 18. The smallest absolute Gasteiger partial charge is 0.258 e. The molecule has 0 radical (unpaired) electrons. The number of Topliss-reactive ketones (excluding diaryl/α,β-unsaturated/α-hetero) is 2. The van der Waals surface area contributed by atoms with E-state index in [9.17, 15) is 28.8 Å². The first-order valence-electron chi connectivity index (χ1n) is 20.7. The fourth-order valence-electron chi connectivity index (χ4n) is 6.60. The van der Waals surface area contributed by atoms with E-state index in [4.69, 9.17) is 46.4 Å². The molecule has 4 N–H and O–H groups in total. The van der Waals surface area contributed by atoms with E-state index in [0.717, 1.165) is 11.1 Å². The summed E-state index contributed by atoms with van der Waals surface area (Å²) in [4.78, 5) is 79.3. The van der Waals surface area contributed by atoms with Gasteiger partial charge in [0.15, 0.2) is 11.6 Å². The van der Waals surface area contributed by atoms with Crippen molar-refractivity contribution in [3.63, 3.8) is 0 Å². The second-order valence-corrected chi connectivity index (χ2v) is 17.1. The van der Waals surface area contributed by atoms with Gasteiger partial charge >= 0.3 is 0 Å². The van der Waals surface area contributed by atoms with E-state index in [0.29, 0.717) is 46.7 Å². The van der Waals surface area contributed by atoms with Crippen LogP contribution >= 0.6 is 46.4 Å². The summed E-state index contributed by atoms with van der Waals surface area (Å²) in [5.74, 6) is -3.75. The highest BCUT2D eigenvalue weighted by Crippen LogP contribution is 2.33. The first-order chi connectivity index (χ1) is 31.4.